The van der Waals surface area contributed by atoms with Crippen LogP contribution < -0.4 is 21.2 Å². The van der Waals surface area contributed by atoms with Gasteiger partial charge < -0.3 is 10.1 Å². The Labute approximate surface area is 187 Å². The molecule has 0 aliphatic heterocycles. The van der Waals surface area contributed by atoms with Crippen molar-refractivity contribution in [1.29, 1.82) is 0 Å². The lowest BCUT2D eigenvalue weighted by atomic mass is 10.1. The first kappa shape index (κ1) is 21.7. The minimum atomic E-state index is -0.415. The Kier molecular flexibility index (Phi) is 6.39. The molecule has 11 heteroatoms. The van der Waals surface area contributed by atoms with Crippen molar-refractivity contribution in [2.45, 2.75) is 13.1 Å². The lowest BCUT2D eigenvalue weighted by molar-refractivity contribution is -0.121. The second-order valence-electron chi connectivity index (χ2n) is 7.00. The molecule has 4 rings (SSSR count). The first-order valence-electron chi connectivity index (χ1n) is 10.1. The number of carbonyl (C=O) groups is 1. The zero-order valence-electron chi connectivity index (χ0n) is 17.8. The number of hydrogen-bond acceptors (Lipinski definition) is 7. The van der Waals surface area contributed by atoms with Gasteiger partial charge in [0.15, 0.2) is 5.82 Å². The molecule has 0 fully saturated rings. The van der Waals surface area contributed by atoms with Gasteiger partial charge in [-0.2, -0.15) is 10.2 Å². The van der Waals surface area contributed by atoms with Crippen molar-refractivity contribution in [3.05, 3.63) is 87.7 Å². The van der Waals surface area contributed by atoms with E-state index in [1.165, 1.54) is 27.6 Å². The first-order chi connectivity index (χ1) is 16.0. The van der Waals surface area contributed by atoms with Crippen molar-refractivity contribution in [3.63, 3.8) is 0 Å². The summed E-state index contributed by atoms with van der Waals surface area (Å²) in [6, 6.07) is 15.0. The van der Waals surface area contributed by atoms with Crippen LogP contribution in [0.4, 0.5) is 0 Å². The molecule has 3 aromatic heterocycles. The second-order valence-corrected chi connectivity index (χ2v) is 7.00. The highest BCUT2D eigenvalue weighted by atomic mass is 16.5. The van der Waals surface area contributed by atoms with Crippen molar-refractivity contribution in [2.24, 2.45) is 0 Å². The SMILES string of the molecule is COc1ccc(-c2ccc(=O)n(CCNC(=O)Cn3nc(-n4cccn4)ccc3=O)n2)cc1. The summed E-state index contributed by atoms with van der Waals surface area (Å²) in [5, 5.41) is 15.3. The molecule has 0 unspecified atom stereocenters. The number of nitrogens with zero attached hydrogens (tertiary/aromatic N) is 6. The minimum Gasteiger partial charge on any atom is -0.497 e. The normalized spacial score (nSPS) is 10.7. The average Bonchev–Trinajstić information content (AvgIpc) is 3.37. The summed E-state index contributed by atoms with van der Waals surface area (Å²) in [5.74, 6) is 0.721. The maximum absolute atomic E-state index is 12.3. The van der Waals surface area contributed by atoms with Crippen LogP contribution in [0.2, 0.25) is 0 Å². The van der Waals surface area contributed by atoms with E-state index in [9.17, 15) is 14.4 Å². The van der Waals surface area contributed by atoms with E-state index in [0.717, 1.165) is 16.0 Å². The fraction of sp³-hybridized carbons (Fsp3) is 0.182. The van der Waals surface area contributed by atoms with Gasteiger partial charge in [0.1, 0.15) is 12.3 Å². The van der Waals surface area contributed by atoms with Crippen LogP contribution in [0, 0.1) is 0 Å². The third-order valence-corrected chi connectivity index (χ3v) is 4.78. The molecule has 0 saturated carbocycles. The van der Waals surface area contributed by atoms with Crippen LogP contribution in [-0.2, 0) is 17.9 Å². The number of rotatable bonds is 8. The van der Waals surface area contributed by atoms with Crippen LogP contribution in [0.5, 0.6) is 5.75 Å². The molecule has 1 aromatic carbocycles. The summed E-state index contributed by atoms with van der Waals surface area (Å²) in [7, 11) is 1.59. The van der Waals surface area contributed by atoms with Gasteiger partial charge in [0.25, 0.3) is 11.1 Å². The van der Waals surface area contributed by atoms with Crippen LogP contribution in [0.3, 0.4) is 0 Å². The number of benzene rings is 1. The van der Waals surface area contributed by atoms with Crippen molar-refractivity contribution in [1.82, 2.24) is 34.7 Å². The lowest BCUT2D eigenvalue weighted by Crippen LogP contribution is -2.36. The standard InChI is InChI=1S/C22H21N7O4/c1-33-17-5-3-16(4-6-17)18-7-9-21(31)28(25-18)14-12-23-20(30)15-29-22(32)10-8-19(26-29)27-13-2-11-24-27/h2-11,13H,12,14-15H2,1H3,(H,23,30). The third kappa shape index (κ3) is 5.21. The molecule has 1 N–H and O–H groups in total. The quantitative estimate of drug-likeness (QED) is 0.416. The average molecular weight is 447 g/mol. The van der Waals surface area contributed by atoms with Crippen LogP contribution in [0.15, 0.2) is 76.6 Å². The van der Waals surface area contributed by atoms with Crippen molar-refractivity contribution in [3.8, 4) is 22.8 Å². The molecule has 168 valence electrons. The molecule has 0 spiro atoms. The summed E-state index contributed by atoms with van der Waals surface area (Å²) in [6.45, 7) is 0.0672. The van der Waals surface area contributed by atoms with E-state index in [-0.39, 0.29) is 25.2 Å². The summed E-state index contributed by atoms with van der Waals surface area (Å²) in [5.41, 5.74) is 0.753. The summed E-state index contributed by atoms with van der Waals surface area (Å²) < 4.78 is 8.98. The smallest absolute Gasteiger partial charge is 0.267 e. The van der Waals surface area contributed by atoms with E-state index in [1.54, 1.807) is 31.6 Å². The van der Waals surface area contributed by atoms with E-state index in [2.05, 4.69) is 20.6 Å². The largest absolute Gasteiger partial charge is 0.497 e. The molecule has 0 radical (unpaired) electrons. The molecular formula is C22H21N7O4. The van der Waals surface area contributed by atoms with Crippen LogP contribution in [-0.4, -0.2) is 48.9 Å². The highest BCUT2D eigenvalue weighted by molar-refractivity contribution is 5.75. The predicted molar refractivity (Wildman–Crippen MR) is 119 cm³/mol. The highest BCUT2D eigenvalue weighted by Crippen LogP contribution is 2.19. The van der Waals surface area contributed by atoms with Gasteiger partial charge in [-0.05, 0) is 42.5 Å². The van der Waals surface area contributed by atoms with Crippen LogP contribution >= 0.6 is 0 Å². The monoisotopic (exact) mass is 447 g/mol. The van der Waals surface area contributed by atoms with Crippen molar-refractivity contribution < 1.29 is 9.53 Å². The highest BCUT2D eigenvalue weighted by Gasteiger charge is 2.09. The minimum absolute atomic E-state index is 0.158. The van der Waals surface area contributed by atoms with Crippen LogP contribution in [0.1, 0.15) is 0 Å². The van der Waals surface area contributed by atoms with Gasteiger partial charge >= 0.3 is 0 Å². The van der Waals surface area contributed by atoms with Gasteiger partial charge in [-0.25, -0.2) is 14.0 Å². The number of carbonyl (C=O) groups excluding carboxylic acids is 1. The number of aromatic nitrogens is 6. The Morgan fingerprint density at radius 1 is 0.970 bits per heavy atom. The molecular weight excluding hydrogens is 426 g/mol. The fourth-order valence-corrected chi connectivity index (χ4v) is 3.10. The number of methoxy groups -OCH3 is 1. The number of ether oxygens (including phenoxy) is 1. The Morgan fingerprint density at radius 3 is 2.45 bits per heavy atom. The third-order valence-electron chi connectivity index (χ3n) is 4.78. The van der Waals surface area contributed by atoms with Crippen molar-refractivity contribution >= 4 is 5.91 Å². The molecule has 4 aromatic rings. The molecule has 0 aliphatic rings. The van der Waals surface area contributed by atoms with Crippen LogP contribution in [0.25, 0.3) is 17.1 Å². The van der Waals surface area contributed by atoms with E-state index in [4.69, 9.17) is 4.74 Å². The maximum atomic E-state index is 12.3. The molecule has 1 amide bonds. The maximum Gasteiger partial charge on any atom is 0.267 e. The Hall–Kier alpha value is -4.54. The second kappa shape index (κ2) is 9.73. The zero-order valence-corrected chi connectivity index (χ0v) is 17.8. The van der Waals surface area contributed by atoms with Gasteiger partial charge in [-0.3, -0.25) is 14.4 Å². The molecule has 3 heterocycles. The van der Waals surface area contributed by atoms with Gasteiger partial charge in [0.05, 0.1) is 19.3 Å². The number of nitrogens with one attached hydrogen (secondary N) is 1. The van der Waals surface area contributed by atoms with Gasteiger partial charge in [0.2, 0.25) is 5.91 Å². The van der Waals surface area contributed by atoms with Crippen molar-refractivity contribution in [2.75, 3.05) is 13.7 Å². The topological polar surface area (TPSA) is 126 Å². The fourth-order valence-electron chi connectivity index (χ4n) is 3.10. The first-order valence-corrected chi connectivity index (χ1v) is 10.1. The molecule has 11 nitrogen and oxygen atoms in total. The Bertz CT molecular complexity index is 1360. The molecule has 0 bridgehead atoms. The van der Waals surface area contributed by atoms with Gasteiger partial charge in [-0.15, -0.1) is 5.10 Å². The molecule has 0 aliphatic carbocycles. The lowest BCUT2D eigenvalue weighted by Gasteiger charge is -2.10. The molecule has 0 saturated heterocycles. The summed E-state index contributed by atoms with van der Waals surface area (Å²) >= 11 is 0. The van der Waals surface area contributed by atoms with E-state index < -0.39 is 11.5 Å². The number of amides is 1. The Balaban J connectivity index is 1.38. The summed E-state index contributed by atoms with van der Waals surface area (Å²) in [6.07, 6.45) is 3.27. The Morgan fingerprint density at radius 2 is 1.73 bits per heavy atom. The predicted octanol–water partition coefficient (Wildman–Crippen LogP) is 0.478. The van der Waals surface area contributed by atoms with Gasteiger partial charge in [0, 0.05) is 36.6 Å². The van der Waals surface area contributed by atoms with E-state index in [0.29, 0.717) is 11.5 Å². The zero-order chi connectivity index (χ0) is 23.2. The molecule has 33 heavy (non-hydrogen) atoms. The van der Waals surface area contributed by atoms with E-state index >= 15 is 0 Å². The van der Waals surface area contributed by atoms with Gasteiger partial charge in [-0.1, -0.05) is 0 Å². The summed E-state index contributed by atoms with van der Waals surface area (Å²) in [4.78, 5) is 36.6. The number of hydrogen-bond donors (Lipinski definition) is 1. The van der Waals surface area contributed by atoms with E-state index in [1.807, 2.05) is 24.3 Å². The molecule has 0 atom stereocenters.